The van der Waals surface area contributed by atoms with Gasteiger partial charge in [0, 0.05) is 17.5 Å². The van der Waals surface area contributed by atoms with Gasteiger partial charge in [-0.25, -0.2) is 9.59 Å². The van der Waals surface area contributed by atoms with Crippen LogP contribution in [0, 0.1) is 5.92 Å². The molecule has 0 radical (unpaired) electrons. The van der Waals surface area contributed by atoms with E-state index in [1.807, 2.05) is 0 Å². The summed E-state index contributed by atoms with van der Waals surface area (Å²) in [6.45, 7) is 7.06. The van der Waals surface area contributed by atoms with Crippen LogP contribution in [0.4, 0.5) is 0 Å². The zero-order valence-corrected chi connectivity index (χ0v) is 15.5. The van der Waals surface area contributed by atoms with E-state index >= 15 is 0 Å². The molecule has 6 heteroatoms. The molecule has 0 unspecified atom stereocenters. The molecule has 1 atom stereocenters. The number of fused-ring (bicyclic) bond motifs is 1. The van der Waals surface area contributed by atoms with Gasteiger partial charge in [-0.2, -0.15) is 0 Å². The number of carbonyl (C=O) groups excluding carboxylic acids is 2. The van der Waals surface area contributed by atoms with E-state index in [9.17, 15) is 14.4 Å². The monoisotopic (exact) mass is 358 g/mol. The van der Waals surface area contributed by atoms with E-state index in [0.717, 1.165) is 5.57 Å². The van der Waals surface area contributed by atoms with E-state index in [0.29, 0.717) is 5.39 Å². The minimum Gasteiger partial charge on any atom is -0.496 e. The fourth-order valence-corrected chi connectivity index (χ4v) is 2.55. The number of esters is 1. The van der Waals surface area contributed by atoms with Crippen molar-refractivity contribution in [3.8, 4) is 5.75 Å². The third-order valence-electron chi connectivity index (χ3n) is 3.73. The van der Waals surface area contributed by atoms with Crippen molar-refractivity contribution in [3.05, 3.63) is 51.9 Å². The Morgan fingerprint density at radius 1 is 1.12 bits per heavy atom. The van der Waals surface area contributed by atoms with Crippen molar-refractivity contribution in [2.45, 2.75) is 33.8 Å². The van der Waals surface area contributed by atoms with E-state index in [1.54, 1.807) is 45.9 Å². The summed E-state index contributed by atoms with van der Waals surface area (Å²) in [6.07, 6.45) is 0.284. The number of rotatable bonds is 6. The molecule has 0 saturated heterocycles. The molecule has 1 aromatic heterocycles. The van der Waals surface area contributed by atoms with Gasteiger partial charge in [-0.15, -0.1) is 0 Å². The summed E-state index contributed by atoms with van der Waals surface area (Å²) in [5, 5.41) is 0.576. The summed E-state index contributed by atoms with van der Waals surface area (Å²) in [6, 6.07) is 6.15. The molecule has 138 valence electrons. The molecule has 0 aliphatic carbocycles. The third-order valence-corrected chi connectivity index (χ3v) is 3.73. The van der Waals surface area contributed by atoms with Crippen LogP contribution in [-0.2, 0) is 9.53 Å². The average molecular weight is 358 g/mol. The van der Waals surface area contributed by atoms with Crippen LogP contribution >= 0.6 is 0 Å². The molecule has 2 aromatic rings. The number of ether oxygens (including phenoxy) is 2. The van der Waals surface area contributed by atoms with E-state index in [-0.39, 0.29) is 22.8 Å². The maximum absolute atomic E-state index is 13.2. The van der Waals surface area contributed by atoms with Gasteiger partial charge in [0.15, 0.2) is 11.7 Å². The third kappa shape index (κ3) is 4.20. The summed E-state index contributed by atoms with van der Waals surface area (Å²) >= 11 is 0. The van der Waals surface area contributed by atoms with Gasteiger partial charge in [0.2, 0.25) is 5.78 Å². The van der Waals surface area contributed by atoms with Crippen molar-refractivity contribution < 1.29 is 23.5 Å². The molecule has 0 saturated carbocycles. The highest BCUT2D eigenvalue weighted by molar-refractivity contribution is 6.11. The number of methoxy groups -OCH3 is 1. The van der Waals surface area contributed by atoms with Crippen molar-refractivity contribution in [2.24, 2.45) is 5.92 Å². The number of ketones is 1. The Balaban J connectivity index is 2.58. The molecule has 26 heavy (non-hydrogen) atoms. The number of Topliss-reactive ketones (excluding diaryl/α,β-unsaturated/α-hetero) is 1. The summed E-state index contributed by atoms with van der Waals surface area (Å²) in [5.74, 6) is -1.11. The Bertz CT molecular complexity index is 916. The first kappa shape index (κ1) is 19.4. The predicted octanol–water partition coefficient (Wildman–Crippen LogP) is 3.52. The summed E-state index contributed by atoms with van der Waals surface area (Å²) in [7, 11) is 1.42. The fraction of sp³-hybridized carbons (Fsp3) is 0.350. The smallest absolute Gasteiger partial charge is 0.336 e. The van der Waals surface area contributed by atoms with Gasteiger partial charge in [-0.05, 0) is 38.0 Å². The number of hydrogen-bond donors (Lipinski definition) is 0. The van der Waals surface area contributed by atoms with Crippen LogP contribution in [0.2, 0.25) is 0 Å². The topological polar surface area (TPSA) is 82.8 Å². The second-order valence-corrected chi connectivity index (χ2v) is 6.50. The highest BCUT2D eigenvalue weighted by atomic mass is 16.5. The minimum absolute atomic E-state index is 0.0893. The summed E-state index contributed by atoms with van der Waals surface area (Å²) < 4.78 is 15.9. The lowest BCUT2D eigenvalue weighted by molar-refractivity contribution is -0.142. The average Bonchev–Trinajstić information content (AvgIpc) is 2.57. The first-order valence-corrected chi connectivity index (χ1v) is 8.25. The molecule has 0 fully saturated rings. The Kier molecular flexibility index (Phi) is 5.97. The van der Waals surface area contributed by atoms with Gasteiger partial charge in [0.05, 0.1) is 7.11 Å². The largest absolute Gasteiger partial charge is 0.496 e. The quantitative estimate of drug-likeness (QED) is 0.340. The highest BCUT2D eigenvalue weighted by Crippen LogP contribution is 2.30. The number of allylic oxidation sites excluding steroid dienone is 1. The van der Waals surface area contributed by atoms with Crippen LogP contribution in [0.25, 0.3) is 11.0 Å². The molecule has 1 aromatic carbocycles. The van der Waals surface area contributed by atoms with Crippen molar-refractivity contribution in [1.29, 1.82) is 0 Å². The second kappa shape index (κ2) is 7.99. The van der Waals surface area contributed by atoms with E-state index in [4.69, 9.17) is 13.9 Å². The molecule has 0 N–H and O–H groups in total. The van der Waals surface area contributed by atoms with Gasteiger partial charge in [-0.3, -0.25) is 4.79 Å². The maximum Gasteiger partial charge on any atom is 0.336 e. The Hall–Kier alpha value is -2.89. The number of hydrogen-bond acceptors (Lipinski definition) is 6. The van der Waals surface area contributed by atoms with Gasteiger partial charge in [0.1, 0.15) is 11.3 Å². The molecule has 0 amide bonds. The molecule has 2 rings (SSSR count). The van der Waals surface area contributed by atoms with Gasteiger partial charge < -0.3 is 13.9 Å². The van der Waals surface area contributed by atoms with Crippen LogP contribution in [0.3, 0.4) is 0 Å². The first-order chi connectivity index (χ1) is 12.2. The standard InChI is InChI=1S/C20H22O6/c1-11(2)10-16(22)26-19(12(3)4)18(23)17-14(24-5)8-6-13-7-9-15(21)25-20(13)17/h6-10,12,19H,1-5H3/t19-/m0/s1. The van der Waals surface area contributed by atoms with Crippen LogP contribution in [0.5, 0.6) is 5.75 Å². The van der Waals surface area contributed by atoms with Crippen molar-refractivity contribution in [1.82, 2.24) is 0 Å². The normalized spacial score (nSPS) is 11.9. The van der Waals surface area contributed by atoms with Gasteiger partial charge in [0.25, 0.3) is 0 Å². The number of carbonyl (C=O) groups is 2. The van der Waals surface area contributed by atoms with E-state index < -0.39 is 23.5 Å². The summed E-state index contributed by atoms with van der Waals surface area (Å²) in [4.78, 5) is 36.8. The molecule has 0 aliphatic heterocycles. The Labute approximate surface area is 151 Å². The predicted molar refractivity (Wildman–Crippen MR) is 97.5 cm³/mol. The van der Waals surface area contributed by atoms with Crippen LogP contribution in [0.1, 0.15) is 38.1 Å². The van der Waals surface area contributed by atoms with Gasteiger partial charge in [-0.1, -0.05) is 19.4 Å². The molecular formula is C20H22O6. The van der Waals surface area contributed by atoms with Crippen LogP contribution in [-0.4, -0.2) is 25.0 Å². The number of benzene rings is 1. The lowest BCUT2D eigenvalue weighted by Crippen LogP contribution is -2.32. The van der Waals surface area contributed by atoms with Crippen LogP contribution < -0.4 is 10.4 Å². The van der Waals surface area contributed by atoms with E-state index in [1.165, 1.54) is 19.3 Å². The molecule has 0 spiro atoms. The molecular weight excluding hydrogens is 336 g/mol. The SMILES string of the molecule is COc1ccc2ccc(=O)oc2c1C(=O)[C@@H](OC(=O)C=C(C)C)C(C)C. The Morgan fingerprint density at radius 2 is 1.77 bits per heavy atom. The summed E-state index contributed by atoms with van der Waals surface area (Å²) in [5.41, 5.74) is 0.387. The molecule has 1 heterocycles. The second-order valence-electron chi connectivity index (χ2n) is 6.50. The van der Waals surface area contributed by atoms with Crippen LogP contribution in [0.15, 0.2) is 45.1 Å². The van der Waals surface area contributed by atoms with Crippen molar-refractivity contribution >= 4 is 22.7 Å². The first-order valence-electron chi connectivity index (χ1n) is 8.25. The minimum atomic E-state index is -1.04. The van der Waals surface area contributed by atoms with Gasteiger partial charge >= 0.3 is 11.6 Å². The lowest BCUT2D eigenvalue weighted by Gasteiger charge is -2.21. The van der Waals surface area contributed by atoms with E-state index in [2.05, 4.69) is 0 Å². The maximum atomic E-state index is 13.2. The zero-order valence-electron chi connectivity index (χ0n) is 15.5. The zero-order chi connectivity index (χ0) is 19.4. The molecule has 0 aliphatic rings. The Morgan fingerprint density at radius 3 is 2.35 bits per heavy atom. The van der Waals surface area contributed by atoms with Crippen molar-refractivity contribution in [2.75, 3.05) is 7.11 Å². The highest BCUT2D eigenvalue weighted by Gasteiger charge is 2.31. The lowest BCUT2D eigenvalue weighted by atomic mass is 9.95. The molecule has 6 nitrogen and oxygen atoms in total. The van der Waals surface area contributed by atoms with Crippen molar-refractivity contribution in [3.63, 3.8) is 0 Å². The molecule has 0 bridgehead atoms. The fourth-order valence-electron chi connectivity index (χ4n) is 2.55.